The molecule has 122 valence electrons. The van der Waals surface area contributed by atoms with Crippen molar-refractivity contribution in [2.75, 3.05) is 6.61 Å². The van der Waals surface area contributed by atoms with E-state index in [1.165, 1.54) is 4.80 Å². The summed E-state index contributed by atoms with van der Waals surface area (Å²) in [5.41, 5.74) is 7.51. The summed E-state index contributed by atoms with van der Waals surface area (Å²) < 4.78 is 5.72. The molecule has 1 aromatic heterocycles. The summed E-state index contributed by atoms with van der Waals surface area (Å²) in [5.74, 6) is 0.869. The average Bonchev–Trinajstić information content (AvgIpc) is 3.05. The zero-order valence-electron chi connectivity index (χ0n) is 13.2. The molecule has 0 saturated heterocycles. The molecule has 1 heterocycles. The van der Waals surface area contributed by atoms with E-state index in [4.69, 9.17) is 10.5 Å². The van der Waals surface area contributed by atoms with Gasteiger partial charge in [-0.1, -0.05) is 30.3 Å². The number of nitrogens with zero attached hydrogens (tertiary/aromatic N) is 4. The second-order valence-electron chi connectivity index (χ2n) is 5.26. The fourth-order valence-electron chi connectivity index (χ4n) is 2.19. The highest BCUT2D eigenvalue weighted by Gasteiger charge is 2.07. The van der Waals surface area contributed by atoms with Gasteiger partial charge in [-0.05, 0) is 35.9 Å². The Balaban J connectivity index is 1.61. The number of hydrogen-bond acceptors (Lipinski definition) is 5. The number of aryl methyl sites for hydroxylation is 1. The Kier molecular flexibility index (Phi) is 4.51. The molecule has 2 N–H and O–H groups in total. The molecule has 3 aromatic rings. The summed E-state index contributed by atoms with van der Waals surface area (Å²) in [4.78, 5) is 12.6. The largest absolute Gasteiger partial charge is 0.491 e. The zero-order chi connectivity index (χ0) is 16.9. The van der Waals surface area contributed by atoms with Gasteiger partial charge in [0.25, 0.3) is 0 Å². The van der Waals surface area contributed by atoms with Gasteiger partial charge < -0.3 is 10.5 Å². The Hall–Kier alpha value is -3.22. The highest BCUT2D eigenvalue weighted by Crippen LogP contribution is 2.16. The summed E-state index contributed by atoms with van der Waals surface area (Å²) in [5, 5.41) is 12.3. The number of tetrazole rings is 1. The molecule has 0 fully saturated rings. The SMILES string of the molecule is Cc1ccccc1OCCn1nnc(-c2ccc(C(N)=O)cc2)n1. The maximum Gasteiger partial charge on any atom is 0.248 e. The van der Waals surface area contributed by atoms with Crippen molar-refractivity contribution in [2.45, 2.75) is 13.5 Å². The number of primary amides is 1. The maximum atomic E-state index is 11.1. The molecule has 0 aliphatic heterocycles. The lowest BCUT2D eigenvalue weighted by Crippen LogP contribution is -2.11. The standard InChI is InChI=1S/C17H17N5O2/c1-12-4-2-3-5-15(12)24-11-10-22-20-17(19-21-22)14-8-6-13(7-9-14)16(18)23/h2-9H,10-11H2,1H3,(H2,18,23). The predicted molar refractivity (Wildman–Crippen MR) is 88.4 cm³/mol. The van der Waals surface area contributed by atoms with E-state index in [2.05, 4.69) is 15.4 Å². The second-order valence-corrected chi connectivity index (χ2v) is 5.26. The Bertz CT molecular complexity index is 842. The van der Waals surface area contributed by atoms with Crippen LogP contribution in [0.25, 0.3) is 11.4 Å². The summed E-state index contributed by atoms with van der Waals surface area (Å²) in [6.07, 6.45) is 0. The van der Waals surface area contributed by atoms with Crippen LogP contribution in [0.1, 0.15) is 15.9 Å². The topological polar surface area (TPSA) is 95.9 Å². The second kappa shape index (κ2) is 6.91. The van der Waals surface area contributed by atoms with Gasteiger partial charge in [-0.15, -0.1) is 10.2 Å². The molecule has 0 unspecified atom stereocenters. The fourth-order valence-corrected chi connectivity index (χ4v) is 2.19. The number of carbonyl (C=O) groups is 1. The molecule has 1 amide bonds. The molecule has 0 bridgehead atoms. The van der Waals surface area contributed by atoms with Crippen molar-refractivity contribution in [3.8, 4) is 17.1 Å². The molecular weight excluding hydrogens is 306 g/mol. The molecule has 0 spiro atoms. The first-order valence-corrected chi connectivity index (χ1v) is 7.50. The molecule has 0 aliphatic carbocycles. The molecule has 2 aromatic carbocycles. The van der Waals surface area contributed by atoms with Crippen molar-refractivity contribution in [3.63, 3.8) is 0 Å². The van der Waals surface area contributed by atoms with Gasteiger partial charge >= 0.3 is 0 Å². The van der Waals surface area contributed by atoms with Gasteiger partial charge in [-0.3, -0.25) is 4.79 Å². The molecule has 7 nitrogen and oxygen atoms in total. The minimum atomic E-state index is -0.466. The minimum Gasteiger partial charge on any atom is -0.491 e. The van der Waals surface area contributed by atoms with E-state index >= 15 is 0 Å². The third-order valence-electron chi connectivity index (χ3n) is 3.52. The van der Waals surface area contributed by atoms with Crippen LogP contribution >= 0.6 is 0 Å². The molecule has 3 rings (SSSR count). The highest BCUT2D eigenvalue weighted by molar-refractivity contribution is 5.93. The van der Waals surface area contributed by atoms with E-state index in [9.17, 15) is 4.79 Å². The summed E-state index contributed by atoms with van der Waals surface area (Å²) in [6.45, 7) is 2.93. The predicted octanol–water partition coefficient (Wildman–Crippen LogP) is 1.83. The number of rotatable bonds is 6. The van der Waals surface area contributed by atoms with Crippen molar-refractivity contribution in [2.24, 2.45) is 5.73 Å². The van der Waals surface area contributed by atoms with Crippen LogP contribution in [-0.4, -0.2) is 32.7 Å². The van der Waals surface area contributed by atoms with Crippen molar-refractivity contribution in [3.05, 3.63) is 59.7 Å². The molecule has 0 atom stereocenters. The lowest BCUT2D eigenvalue weighted by atomic mass is 10.1. The van der Waals surface area contributed by atoms with Crippen LogP contribution in [0.15, 0.2) is 48.5 Å². The Labute approximate surface area is 139 Å². The van der Waals surface area contributed by atoms with Crippen LogP contribution in [0.5, 0.6) is 5.75 Å². The number of para-hydroxylation sites is 1. The monoisotopic (exact) mass is 323 g/mol. The van der Waals surface area contributed by atoms with Gasteiger partial charge in [-0.25, -0.2) is 0 Å². The minimum absolute atomic E-state index is 0.442. The third kappa shape index (κ3) is 3.57. The number of amides is 1. The van der Waals surface area contributed by atoms with Gasteiger partial charge in [0, 0.05) is 11.1 Å². The number of aromatic nitrogens is 4. The van der Waals surface area contributed by atoms with Gasteiger partial charge in [0.2, 0.25) is 11.7 Å². The van der Waals surface area contributed by atoms with E-state index in [0.717, 1.165) is 16.9 Å². The molecular formula is C17H17N5O2. The Morgan fingerprint density at radius 2 is 1.92 bits per heavy atom. The van der Waals surface area contributed by atoms with Gasteiger partial charge in [0.05, 0.1) is 6.54 Å². The first-order valence-electron chi connectivity index (χ1n) is 7.50. The van der Waals surface area contributed by atoms with Gasteiger partial charge in [-0.2, -0.15) is 4.80 Å². The smallest absolute Gasteiger partial charge is 0.248 e. The number of benzene rings is 2. The van der Waals surface area contributed by atoms with Crippen LogP contribution in [0.3, 0.4) is 0 Å². The van der Waals surface area contributed by atoms with E-state index in [1.807, 2.05) is 31.2 Å². The average molecular weight is 323 g/mol. The zero-order valence-corrected chi connectivity index (χ0v) is 13.2. The van der Waals surface area contributed by atoms with Gasteiger partial charge in [0.15, 0.2) is 0 Å². The van der Waals surface area contributed by atoms with Gasteiger partial charge in [0.1, 0.15) is 12.4 Å². The number of hydrogen-bond donors (Lipinski definition) is 1. The summed E-state index contributed by atoms with van der Waals surface area (Å²) in [7, 11) is 0. The number of ether oxygens (including phenoxy) is 1. The Morgan fingerprint density at radius 1 is 1.17 bits per heavy atom. The summed E-state index contributed by atoms with van der Waals surface area (Å²) >= 11 is 0. The van der Waals surface area contributed by atoms with Crippen LogP contribution in [0.2, 0.25) is 0 Å². The first kappa shape index (κ1) is 15.7. The lowest BCUT2D eigenvalue weighted by Gasteiger charge is -2.07. The first-order chi connectivity index (χ1) is 11.6. The fraction of sp³-hybridized carbons (Fsp3) is 0.176. The lowest BCUT2D eigenvalue weighted by molar-refractivity contribution is 0.100. The van der Waals surface area contributed by atoms with Crippen LogP contribution in [0.4, 0.5) is 0 Å². The van der Waals surface area contributed by atoms with E-state index < -0.39 is 5.91 Å². The summed E-state index contributed by atoms with van der Waals surface area (Å²) in [6, 6.07) is 14.6. The Morgan fingerprint density at radius 3 is 2.62 bits per heavy atom. The third-order valence-corrected chi connectivity index (χ3v) is 3.52. The maximum absolute atomic E-state index is 11.1. The van der Waals surface area contributed by atoms with E-state index in [1.54, 1.807) is 24.3 Å². The molecule has 0 aliphatic rings. The molecule has 0 radical (unpaired) electrons. The van der Waals surface area contributed by atoms with Crippen LogP contribution < -0.4 is 10.5 Å². The van der Waals surface area contributed by atoms with Crippen LogP contribution in [-0.2, 0) is 6.54 Å². The van der Waals surface area contributed by atoms with Crippen molar-refractivity contribution in [1.82, 2.24) is 20.2 Å². The van der Waals surface area contributed by atoms with E-state index in [-0.39, 0.29) is 0 Å². The number of nitrogens with two attached hydrogens (primary N) is 1. The molecule has 24 heavy (non-hydrogen) atoms. The van der Waals surface area contributed by atoms with E-state index in [0.29, 0.717) is 24.5 Å². The quantitative estimate of drug-likeness (QED) is 0.746. The molecule has 7 heteroatoms. The van der Waals surface area contributed by atoms with Crippen molar-refractivity contribution in [1.29, 1.82) is 0 Å². The van der Waals surface area contributed by atoms with Crippen molar-refractivity contribution >= 4 is 5.91 Å². The van der Waals surface area contributed by atoms with Crippen LogP contribution in [0, 0.1) is 6.92 Å². The number of carbonyl (C=O) groups excluding carboxylic acids is 1. The molecule has 0 saturated carbocycles. The normalized spacial score (nSPS) is 10.5. The van der Waals surface area contributed by atoms with Crippen molar-refractivity contribution < 1.29 is 9.53 Å². The highest BCUT2D eigenvalue weighted by atomic mass is 16.5.